The highest BCUT2D eigenvalue weighted by molar-refractivity contribution is 4.77. The molecule has 0 nitrogen and oxygen atoms in total. The second-order valence-corrected chi connectivity index (χ2v) is 5.85. The third kappa shape index (κ3) is 3.63. The number of hydrogen-bond donors (Lipinski definition) is 0. The van der Waals surface area contributed by atoms with Gasteiger partial charge in [-0.3, -0.25) is 0 Å². The van der Waals surface area contributed by atoms with Gasteiger partial charge in [-0.1, -0.05) is 66.2 Å². The monoisotopic (exact) mass is 196 g/mol. The minimum atomic E-state index is 0.895. The SMILES string of the molecule is CC(C)CCCC1CCCC(C)C1C. The molecule has 14 heavy (non-hydrogen) atoms. The topological polar surface area (TPSA) is 0 Å². The average Bonchev–Trinajstić information content (AvgIpc) is 2.12. The molecule has 0 heterocycles. The van der Waals surface area contributed by atoms with Gasteiger partial charge in [-0.25, -0.2) is 0 Å². The second-order valence-electron chi connectivity index (χ2n) is 5.85. The van der Waals surface area contributed by atoms with E-state index in [-0.39, 0.29) is 0 Å². The maximum absolute atomic E-state index is 2.48. The molecule has 1 aliphatic rings. The molecule has 0 spiro atoms. The van der Waals surface area contributed by atoms with E-state index in [1.165, 1.54) is 38.5 Å². The van der Waals surface area contributed by atoms with Gasteiger partial charge in [0.1, 0.15) is 0 Å². The number of rotatable bonds is 4. The van der Waals surface area contributed by atoms with E-state index < -0.39 is 0 Å². The fraction of sp³-hybridized carbons (Fsp3) is 1.00. The zero-order valence-corrected chi connectivity index (χ0v) is 10.6. The van der Waals surface area contributed by atoms with Crippen molar-refractivity contribution in [2.45, 2.75) is 66.2 Å². The van der Waals surface area contributed by atoms with Gasteiger partial charge in [0, 0.05) is 0 Å². The quantitative estimate of drug-likeness (QED) is 0.601. The van der Waals surface area contributed by atoms with E-state index in [1.54, 1.807) is 0 Å². The predicted molar refractivity (Wildman–Crippen MR) is 64.4 cm³/mol. The molecule has 0 bridgehead atoms. The summed E-state index contributed by atoms with van der Waals surface area (Å²) in [5, 5.41) is 0. The highest BCUT2D eigenvalue weighted by atomic mass is 14.3. The summed E-state index contributed by atoms with van der Waals surface area (Å²) in [7, 11) is 0. The Balaban J connectivity index is 2.22. The summed E-state index contributed by atoms with van der Waals surface area (Å²) in [5.41, 5.74) is 0. The van der Waals surface area contributed by atoms with E-state index in [2.05, 4.69) is 27.7 Å². The van der Waals surface area contributed by atoms with Crippen LogP contribution in [0.25, 0.3) is 0 Å². The molecule has 0 aromatic carbocycles. The van der Waals surface area contributed by atoms with Crippen LogP contribution in [0.1, 0.15) is 66.2 Å². The minimum absolute atomic E-state index is 0.895. The van der Waals surface area contributed by atoms with Crippen LogP contribution in [0, 0.1) is 23.7 Å². The normalized spacial score (nSPS) is 33.6. The van der Waals surface area contributed by atoms with Crippen molar-refractivity contribution < 1.29 is 0 Å². The Labute approximate surface area is 90.5 Å². The van der Waals surface area contributed by atoms with Gasteiger partial charge in [0.15, 0.2) is 0 Å². The Morgan fingerprint density at radius 1 is 1.14 bits per heavy atom. The zero-order valence-electron chi connectivity index (χ0n) is 10.6. The molecule has 0 heteroatoms. The summed E-state index contributed by atoms with van der Waals surface area (Å²) < 4.78 is 0. The molecule has 3 unspecified atom stereocenters. The molecule has 0 aliphatic heterocycles. The van der Waals surface area contributed by atoms with E-state index in [1.807, 2.05) is 0 Å². The lowest BCUT2D eigenvalue weighted by Crippen LogP contribution is -2.24. The fourth-order valence-corrected chi connectivity index (χ4v) is 2.89. The van der Waals surface area contributed by atoms with Crippen molar-refractivity contribution >= 4 is 0 Å². The van der Waals surface area contributed by atoms with Crippen LogP contribution >= 0.6 is 0 Å². The maximum atomic E-state index is 2.48. The van der Waals surface area contributed by atoms with Crippen molar-refractivity contribution in [2.24, 2.45) is 23.7 Å². The molecule has 1 aliphatic carbocycles. The van der Waals surface area contributed by atoms with E-state index in [4.69, 9.17) is 0 Å². The molecular formula is C14H28. The molecular weight excluding hydrogens is 168 g/mol. The maximum Gasteiger partial charge on any atom is -0.0386 e. The third-order valence-corrected chi connectivity index (χ3v) is 4.23. The highest BCUT2D eigenvalue weighted by Gasteiger charge is 2.26. The Morgan fingerprint density at radius 3 is 2.50 bits per heavy atom. The van der Waals surface area contributed by atoms with Crippen molar-refractivity contribution in [1.82, 2.24) is 0 Å². The Kier molecular flexibility index (Phi) is 4.98. The summed E-state index contributed by atoms with van der Waals surface area (Å²) in [4.78, 5) is 0. The van der Waals surface area contributed by atoms with E-state index >= 15 is 0 Å². The van der Waals surface area contributed by atoms with Gasteiger partial charge < -0.3 is 0 Å². The standard InChI is InChI=1S/C14H28/c1-11(2)7-5-9-14-10-6-8-12(3)13(14)4/h11-14H,5-10H2,1-4H3. The second kappa shape index (κ2) is 5.78. The predicted octanol–water partition coefficient (Wildman–Crippen LogP) is 4.89. The summed E-state index contributed by atoms with van der Waals surface area (Å²) in [5.74, 6) is 3.90. The molecule has 0 aromatic rings. The fourth-order valence-electron chi connectivity index (χ4n) is 2.89. The number of hydrogen-bond acceptors (Lipinski definition) is 0. The first kappa shape index (κ1) is 12.1. The van der Waals surface area contributed by atoms with Crippen LogP contribution in [-0.4, -0.2) is 0 Å². The van der Waals surface area contributed by atoms with Crippen LogP contribution in [0.5, 0.6) is 0 Å². The van der Waals surface area contributed by atoms with Gasteiger partial charge in [-0.2, -0.15) is 0 Å². The van der Waals surface area contributed by atoms with Crippen LogP contribution in [0.15, 0.2) is 0 Å². The van der Waals surface area contributed by atoms with Crippen LogP contribution in [-0.2, 0) is 0 Å². The minimum Gasteiger partial charge on any atom is -0.0628 e. The molecule has 0 N–H and O–H groups in total. The average molecular weight is 196 g/mol. The van der Waals surface area contributed by atoms with Crippen LogP contribution in [0.4, 0.5) is 0 Å². The van der Waals surface area contributed by atoms with Gasteiger partial charge in [-0.05, 0) is 23.7 Å². The highest BCUT2D eigenvalue weighted by Crippen LogP contribution is 2.37. The van der Waals surface area contributed by atoms with E-state index in [9.17, 15) is 0 Å². The molecule has 0 aromatic heterocycles. The molecule has 0 amide bonds. The molecule has 1 saturated carbocycles. The molecule has 0 radical (unpaired) electrons. The summed E-state index contributed by atoms with van der Waals surface area (Å²) in [6.07, 6.45) is 8.84. The summed E-state index contributed by atoms with van der Waals surface area (Å²) >= 11 is 0. The first-order valence-electron chi connectivity index (χ1n) is 6.61. The summed E-state index contributed by atoms with van der Waals surface area (Å²) in [6.45, 7) is 9.60. The van der Waals surface area contributed by atoms with E-state index in [0.717, 1.165) is 23.7 Å². The Hall–Kier alpha value is 0. The Morgan fingerprint density at radius 2 is 1.86 bits per heavy atom. The lowest BCUT2D eigenvalue weighted by Gasteiger charge is -2.34. The molecule has 3 atom stereocenters. The van der Waals surface area contributed by atoms with Crippen LogP contribution in [0.3, 0.4) is 0 Å². The summed E-state index contributed by atoms with van der Waals surface area (Å²) in [6, 6.07) is 0. The van der Waals surface area contributed by atoms with Crippen molar-refractivity contribution in [3.8, 4) is 0 Å². The third-order valence-electron chi connectivity index (χ3n) is 4.23. The molecule has 1 fully saturated rings. The van der Waals surface area contributed by atoms with Gasteiger partial charge in [-0.15, -0.1) is 0 Å². The van der Waals surface area contributed by atoms with Crippen molar-refractivity contribution in [3.63, 3.8) is 0 Å². The van der Waals surface area contributed by atoms with E-state index in [0.29, 0.717) is 0 Å². The van der Waals surface area contributed by atoms with Crippen LogP contribution < -0.4 is 0 Å². The van der Waals surface area contributed by atoms with Gasteiger partial charge in [0.2, 0.25) is 0 Å². The molecule has 0 saturated heterocycles. The smallest absolute Gasteiger partial charge is 0.0386 e. The van der Waals surface area contributed by atoms with Crippen molar-refractivity contribution in [2.75, 3.05) is 0 Å². The van der Waals surface area contributed by atoms with Gasteiger partial charge in [0.25, 0.3) is 0 Å². The van der Waals surface area contributed by atoms with Gasteiger partial charge in [0.05, 0.1) is 0 Å². The zero-order chi connectivity index (χ0) is 10.6. The van der Waals surface area contributed by atoms with Crippen molar-refractivity contribution in [3.05, 3.63) is 0 Å². The Bertz CT molecular complexity index is 148. The van der Waals surface area contributed by atoms with Crippen molar-refractivity contribution in [1.29, 1.82) is 0 Å². The molecule has 1 rings (SSSR count). The largest absolute Gasteiger partial charge is 0.0628 e. The first-order chi connectivity index (χ1) is 6.61. The lowest BCUT2D eigenvalue weighted by atomic mass is 9.72. The van der Waals surface area contributed by atoms with Gasteiger partial charge >= 0.3 is 0 Å². The molecule has 84 valence electrons. The first-order valence-corrected chi connectivity index (χ1v) is 6.61. The lowest BCUT2D eigenvalue weighted by molar-refractivity contribution is 0.168. The van der Waals surface area contributed by atoms with Crippen LogP contribution in [0.2, 0.25) is 0 Å².